The number of likely N-dealkylation sites (tertiary alicyclic amines) is 1. The van der Waals surface area contributed by atoms with Gasteiger partial charge in [-0.2, -0.15) is 8.42 Å². The second-order valence-electron chi connectivity index (χ2n) is 10.9. The Balaban J connectivity index is 0.000000731. The smallest absolute Gasteiger partial charge is 0.337 e. The maximum atomic E-state index is 12.9. The average Bonchev–Trinajstić information content (AvgIpc) is 3.39. The molecule has 1 fully saturated rings. The number of urea groups is 1. The number of aromatic nitrogens is 1. The summed E-state index contributed by atoms with van der Waals surface area (Å²) in [6.45, 7) is 3.32. The average molecular weight is 650 g/mol. The second kappa shape index (κ2) is 15.0. The summed E-state index contributed by atoms with van der Waals surface area (Å²) in [5, 5.41) is 14.8. The molecule has 46 heavy (non-hydrogen) atoms. The van der Waals surface area contributed by atoms with Crippen molar-refractivity contribution in [1.82, 2.24) is 15.2 Å². The first-order valence-corrected chi connectivity index (χ1v) is 16.4. The molecule has 2 heterocycles. The SMILES string of the molecule is CCS(=O)(=O)O.COC(=O)c1ccc2c(C(=Nc3ccc(N(C)C(=O)NC4CCN(C)CC4)cc3)c3ccccc3)c(O)[nH]c2c1. The summed E-state index contributed by atoms with van der Waals surface area (Å²) in [5.74, 6) is -0.714. The number of ether oxygens (including phenoxy) is 1. The van der Waals surface area contributed by atoms with E-state index in [9.17, 15) is 23.1 Å². The number of fused-ring (bicyclic) bond motifs is 1. The van der Waals surface area contributed by atoms with Gasteiger partial charge in [-0.05, 0) is 76.3 Å². The number of aromatic amines is 1. The fourth-order valence-corrected chi connectivity index (χ4v) is 4.95. The molecule has 0 atom stereocenters. The Morgan fingerprint density at radius 3 is 2.26 bits per heavy atom. The lowest BCUT2D eigenvalue weighted by molar-refractivity contribution is 0.0601. The van der Waals surface area contributed by atoms with E-state index in [1.54, 1.807) is 30.1 Å². The summed E-state index contributed by atoms with van der Waals surface area (Å²) >= 11 is 0. The number of amides is 2. The highest BCUT2D eigenvalue weighted by molar-refractivity contribution is 7.85. The molecule has 1 aromatic heterocycles. The quantitative estimate of drug-likeness (QED) is 0.124. The molecule has 0 aliphatic carbocycles. The summed E-state index contributed by atoms with van der Waals surface area (Å²) in [4.78, 5) is 36.6. The molecule has 13 heteroatoms. The molecule has 2 amide bonds. The lowest BCUT2D eigenvalue weighted by Gasteiger charge is -2.30. The van der Waals surface area contributed by atoms with Crippen LogP contribution in [0.4, 0.5) is 16.2 Å². The zero-order chi connectivity index (χ0) is 33.4. The minimum atomic E-state index is -3.66. The molecule has 0 spiro atoms. The van der Waals surface area contributed by atoms with Crippen LogP contribution in [0.25, 0.3) is 10.9 Å². The third-order valence-electron chi connectivity index (χ3n) is 7.68. The molecule has 1 aliphatic rings. The van der Waals surface area contributed by atoms with E-state index < -0.39 is 16.1 Å². The minimum absolute atomic E-state index is 0.0541. The molecular formula is C33H39N5O7S. The van der Waals surface area contributed by atoms with Gasteiger partial charge in [-0.1, -0.05) is 36.4 Å². The number of H-pyrrole nitrogens is 1. The monoisotopic (exact) mass is 649 g/mol. The van der Waals surface area contributed by atoms with Crippen molar-refractivity contribution < 1.29 is 32.4 Å². The van der Waals surface area contributed by atoms with Gasteiger partial charge in [0.05, 0.1) is 35.4 Å². The van der Waals surface area contributed by atoms with Gasteiger partial charge < -0.3 is 25.0 Å². The van der Waals surface area contributed by atoms with Crippen LogP contribution in [0.1, 0.15) is 41.3 Å². The van der Waals surface area contributed by atoms with Crippen LogP contribution in [0.15, 0.2) is 77.8 Å². The number of nitrogens with zero attached hydrogens (tertiary/aromatic N) is 3. The van der Waals surface area contributed by atoms with Crippen molar-refractivity contribution in [2.24, 2.45) is 4.99 Å². The lowest BCUT2D eigenvalue weighted by atomic mass is 10.00. The highest BCUT2D eigenvalue weighted by Crippen LogP contribution is 2.32. The van der Waals surface area contributed by atoms with Crippen LogP contribution in [0, 0.1) is 0 Å². The molecule has 5 rings (SSSR count). The van der Waals surface area contributed by atoms with E-state index in [1.165, 1.54) is 14.0 Å². The summed E-state index contributed by atoms with van der Waals surface area (Å²) in [7, 11) is 1.52. The number of nitrogens with one attached hydrogen (secondary N) is 2. The fraction of sp³-hybridized carbons (Fsp3) is 0.303. The van der Waals surface area contributed by atoms with Crippen molar-refractivity contribution in [3.63, 3.8) is 0 Å². The number of anilines is 1. The number of methoxy groups -OCH3 is 1. The van der Waals surface area contributed by atoms with Gasteiger partial charge in [-0.15, -0.1) is 0 Å². The molecule has 1 aliphatic heterocycles. The van der Waals surface area contributed by atoms with Crippen molar-refractivity contribution in [3.8, 4) is 5.88 Å². The summed E-state index contributed by atoms with van der Waals surface area (Å²) < 4.78 is 31.7. The molecule has 4 aromatic rings. The highest BCUT2D eigenvalue weighted by atomic mass is 32.2. The predicted octanol–water partition coefficient (Wildman–Crippen LogP) is 4.96. The van der Waals surface area contributed by atoms with Gasteiger partial charge in [0.1, 0.15) is 0 Å². The third kappa shape index (κ3) is 8.71. The van der Waals surface area contributed by atoms with Crippen LogP contribution in [-0.4, -0.2) is 91.8 Å². The first-order valence-electron chi connectivity index (χ1n) is 14.8. The van der Waals surface area contributed by atoms with Gasteiger partial charge in [0, 0.05) is 35.2 Å². The van der Waals surface area contributed by atoms with Crippen molar-refractivity contribution in [3.05, 3.63) is 89.5 Å². The van der Waals surface area contributed by atoms with Crippen molar-refractivity contribution in [2.75, 3.05) is 44.9 Å². The van der Waals surface area contributed by atoms with Crippen LogP contribution >= 0.6 is 0 Å². The van der Waals surface area contributed by atoms with Gasteiger partial charge in [0.2, 0.25) is 0 Å². The first kappa shape index (κ1) is 34.2. The number of aromatic hydroxyl groups is 1. The van der Waals surface area contributed by atoms with Gasteiger partial charge in [-0.25, -0.2) is 14.6 Å². The number of hydrogen-bond acceptors (Lipinski definition) is 8. The van der Waals surface area contributed by atoms with Crippen LogP contribution in [-0.2, 0) is 14.9 Å². The number of carbonyl (C=O) groups excluding carboxylic acids is 2. The molecule has 0 bridgehead atoms. The van der Waals surface area contributed by atoms with Crippen LogP contribution in [0.3, 0.4) is 0 Å². The van der Waals surface area contributed by atoms with Gasteiger partial charge >= 0.3 is 12.0 Å². The largest absolute Gasteiger partial charge is 0.494 e. The minimum Gasteiger partial charge on any atom is -0.494 e. The number of rotatable bonds is 7. The second-order valence-corrected chi connectivity index (χ2v) is 12.6. The molecule has 3 aromatic carbocycles. The van der Waals surface area contributed by atoms with Crippen molar-refractivity contribution in [2.45, 2.75) is 25.8 Å². The standard InChI is InChI=1S/C31H33N5O4.C2H6O3S/c1-35-17-15-23(16-18-35)33-31(39)36(2)24-12-10-22(11-13-24)32-28(20-7-5-4-6-8-20)27-25-14-9-21(30(38)40-3)19-26(25)34-29(27)37;1-2-6(3,4)5/h4-14,19,23,34,37H,15-18H2,1-3H3,(H,33,39);2H2,1H3,(H,3,4,5). The predicted molar refractivity (Wildman–Crippen MR) is 179 cm³/mol. The Kier molecular flexibility index (Phi) is 11.2. The van der Waals surface area contributed by atoms with E-state index in [2.05, 4.69) is 22.2 Å². The van der Waals surface area contributed by atoms with Gasteiger partial charge in [-0.3, -0.25) is 9.45 Å². The Bertz CT molecular complexity index is 1800. The number of hydrogen-bond donors (Lipinski definition) is 4. The van der Waals surface area contributed by atoms with E-state index in [0.717, 1.165) is 42.6 Å². The third-order valence-corrected chi connectivity index (χ3v) is 8.41. The number of benzene rings is 3. The zero-order valence-corrected chi connectivity index (χ0v) is 27.0. The van der Waals surface area contributed by atoms with E-state index >= 15 is 0 Å². The molecule has 244 valence electrons. The summed E-state index contributed by atoms with van der Waals surface area (Å²) in [6.07, 6.45) is 1.88. The van der Waals surface area contributed by atoms with Crippen LogP contribution < -0.4 is 10.2 Å². The maximum Gasteiger partial charge on any atom is 0.337 e. The van der Waals surface area contributed by atoms with E-state index in [-0.39, 0.29) is 23.7 Å². The summed E-state index contributed by atoms with van der Waals surface area (Å²) in [5.41, 5.74) is 4.27. The van der Waals surface area contributed by atoms with Crippen molar-refractivity contribution in [1.29, 1.82) is 0 Å². The maximum absolute atomic E-state index is 12.9. The molecule has 12 nitrogen and oxygen atoms in total. The zero-order valence-electron chi connectivity index (χ0n) is 26.2. The summed E-state index contributed by atoms with van der Waals surface area (Å²) in [6, 6.07) is 22.1. The number of aliphatic imine (C=N–C) groups is 1. The Labute approximate surface area is 268 Å². The van der Waals surface area contributed by atoms with E-state index in [0.29, 0.717) is 28.0 Å². The van der Waals surface area contributed by atoms with Crippen molar-refractivity contribution >= 4 is 50.1 Å². The molecule has 1 saturated heterocycles. The highest BCUT2D eigenvalue weighted by Gasteiger charge is 2.22. The fourth-order valence-electron chi connectivity index (χ4n) is 4.95. The normalized spacial score (nSPS) is 14.3. The molecular weight excluding hydrogens is 610 g/mol. The van der Waals surface area contributed by atoms with E-state index in [1.807, 2.05) is 54.6 Å². The van der Waals surface area contributed by atoms with Crippen LogP contribution in [0.2, 0.25) is 0 Å². The number of carbonyl (C=O) groups is 2. The van der Waals surface area contributed by atoms with Crippen LogP contribution in [0.5, 0.6) is 5.88 Å². The molecule has 0 radical (unpaired) electrons. The Morgan fingerprint density at radius 1 is 1.04 bits per heavy atom. The number of piperidine rings is 1. The molecule has 0 saturated carbocycles. The lowest BCUT2D eigenvalue weighted by Crippen LogP contribution is -2.47. The van der Waals surface area contributed by atoms with Gasteiger partial charge in [0.25, 0.3) is 10.1 Å². The Morgan fingerprint density at radius 2 is 1.67 bits per heavy atom. The van der Waals surface area contributed by atoms with Gasteiger partial charge in [0.15, 0.2) is 5.88 Å². The Hall–Kier alpha value is -4.72. The number of esters is 1. The molecule has 4 N–H and O–H groups in total. The topological polar surface area (TPSA) is 165 Å². The van der Waals surface area contributed by atoms with E-state index in [4.69, 9.17) is 14.3 Å². The first-order chi connectivity index (χ1) is 21.9. The molecule has 0 unspecified atom stereocenters.